The average Bonchev–Trinajstić information content (AvgIpc) is 3.39. The Labute approximate surface area is 196 Å². The van der Waals surface area contributed by atoms with Crippen LogP contribution in [0.15, 0.2) is 52.9 Å². The predicted octanol–water partition coefficient (Wildman–Crippen LogP) is 3.71. The molecule has 0 saturated carbocycles. The van der Waals surface area contributed by atoms with Gasteiger partial charge in [-0.2, -0.15) is 0 Å². The van der Waals surface area contributed by atoms with Gasteiger partial charge in [0, 0.05) is 18.7 Å². The minimum Gasteiger partial charge on any atom is -0.486 e. The molecule has 3 aromatic heterocycles. The van der Waals surface area contributed by atoms with Gasteiger partial charge < -0.3 is 13.7 Å². The number of hydrogen-bond donors (Lipinski definition) is 2. The van der Waals surface area contributed by atoms with Crippen LogP contribution in [0.3, 0.4) is 0 Å². The number of nitrogens with zero attached hydrogens (tertiary/aromatic N) is 3. The van der Waals surface area contributed by atoms with Gasteiger partial charge in [-0.3, -0.25) is 20.4 Å². The number of amides is 2. The van der Waals surface area contributed by atoms with E-state index in [0.29, 0.717) is 33.9 Å². The Morgan fingerprint density at radius 3 is 2.71 bits per heavy atom. The lowest BCUT2D eigenvalue weighted by molar-refractivity contribution is 0.0829. The molecule has 1 aliphatic heterocycles. The Morgan fingerprint density at radius 1 is 1.03 bits per heavy atom. The molecule has 9 heteroatoms. The third-order valence-electron chi connectivity index (χ3n) is 5.74. The van der Waals surface area contributed by atoms with Gasteiger partial charge in [-0.15, -0.1) is 0 Å². The van der Waals surface area contributed by atoms with E-state index in [1.54, 1.807) is 12.1 Å². The molecule has 0 spiro atoms. The van der Waals surface area contributed by atoms with E-state index in [1.165, 1.54) is 6.07 Å². The number of hydrazine groups is 1. The Balaban J connectivity index is 1.26. The lowest BCUT2D eigenvalue weighted by Gasteiger charge is -2.08. The number of rotatable bonds is 5. The van der Waals surface area contributed by atoms with Crippen molar-refractivity contribution in [3.63, 3.8) is 0 Å². The molecule has 5 rings (SSSR count). The minimum absolute atomic E-state index is 0.0664. The van der Waals surface area contributed by atoms with Crippen molar-refractivity contribution >= 4 is 23.0 Å². The highest BCUT2D eigenvalue weighted by Crippen LogP contribution is 2.24. The predicted molar refractivity (Wildman–Crippen MR) is 124 cm³/mol. The number of hydrogen-bond acceptors (Lipinski definition) is 6. The fourth-order valence-electron chi connectivity index (χ4n) is 4.08. The van der Waals surface area contributed by atoms with E-state index in [0.717, 1.165) is 38.1 Å². The smallest absolute Gasteiger partial charge is 0.305 e. The Kier molecular flexibility index (Phi) is 5.99. The van der Waals surface area contributed by atoms with Crippen molar-refractivity contribution in [2.45, 2.75) is 45.8 Å². The summed E-state index contributed by atoms with van der Waals surface area (Å²) in [5.74, 6) is 1.18. The molecule has 34 heavy (non-hydrogen) atoms. The summed E-state index contributed by atoms with van der Waals surface area (Å²) in [5.41, 5.74) is 7.23. The van der Waals surface area contributed by atoms with E-state index in [9.17, 15) is 9.59 Å². The molecule has 0 saturated heterocycles. The van der Waals surface area contributed by atoms with Crippen molar-refractivity contribution in [1.82, 2.24) is 25.4 Å². The van der Waals surface area contributed by atoms with Gasteiger partial charge in [-0.25, -0.2) is 9.97 Å². The van der Waals surface area contributed by atoms with E-state index >= 15 is 0 Å². The van der Waals surface area contributed by atoms with E-state index in [2.05, 4.69) is 20.4 Å². The third kappa shape index (κ3) is 4.50. The lowest BCUT2D eigenvalue weighted by Crippen LogP contribution is -2.41. The number of furan rings is 1. The maximum atomic E-state index is 12.9. The fourth-order valence-corrected chi connectivity index (χ4v) is 4.08. The van der Waals surface area contributed by atoms with Crippen LogP contribution < -0.4 is 15.6 Å². The van der Waals surface area contributed by atoms with Crippen LogP contribution in [0, 0.1) is 6.92 Å². The van der Waals surface area contributed by atoms with Crippen molar-refractivity contribution < 1.29 is 18.7 Å². The summed E-state index contributed by atoms with van der Waals surface area (Å²) in [6.07, 6.45) is 4.15. The Bertz CT molecular complexity index is 1340. The number of carbonyl (C=O) groups is 2. The van der Waals surface area contributed by atoms with Crippen molar-refractivity contribution in [3.05, 3.63) is 77.1 Å². The Morgan fingerprint density at radius 2 is 1.85 bits per heavy atom. The molecule has 4 aromatic rings. The molecule has 9 nitrogen and oxygen atoms in total. The number of para-hydroxylation sites is 1. The summed E-state index contributed by atoms with van der Waals surface area (Å²) < 4.78 is 13.3. The molecular weight excluding hydrogens is 434 g/mol. The normalized spacial score (nSPS) is 13.2. The second-order valence-corrected chi connectivity index (χ2v) is 8.25. The van der Waals surface area contributed by atoms with Crippen LogP contribution in [0.25, 0.3) is 11.2 Å². The van der Waals surface area contributed by atoms with Gasteiger partial charge in [-0.05, 0) is 50.1 Å². The van der Waals surface area contributed by atoms with Crippen LogP contribution in [0.5, 0.6) is 5.75 Å². The summed E-state index contributed by atoms with van der Waals surface area (Å²) in [6.45, 7) is 2.87. The van der Waals surface area contributed by atoms with E-state index < -0.39 is 11.8 Å². The molecule has 2 N–H and O–H groups in total. The van der Waals surface area contributed by atoms with Crippen molar-refractivity contribution in [2.24, 2.45) is 0 Å². The summed E-state index contributed by atoms with van der Waals surface area (Å²) >= 11 is 0. The zero-order valence-electron chi connectivity index (χ0n) is 18.8. The lowest BCUT2D eigenvalue weighted by atomic mass is 10.2. The SMILES string of the molecule is Cc1cc(C(=O)NNC(=O)c2ccc(COc3ccccc3)o2)c2nc3n(c2n1)CCCCC3. The molecule has 2 amide bonds. The fraction of sp³-hybridized carbons (Fsp3) is 0.280. The van der Waals surface area contributed by atoms with Crippen LogP contribution in [0.1, 0.15) is 57.5 Å². The number of aryl methyl sites for hydroxylation is 3. The van der Waals surface area contributed by atoms with E-state index in [-0.39, 0.29) is 12.4 Å². The summed E-state index contributed by atoms with van der Waals surface area (Å²) in [4.78, 5) is 34.8. The first-order chi connectivity index (χ1) is 16.6. The van der Waals surface area contributed by atoms with Gasteiger partial charge in [0.1, 0.15) is 29.5 Å². The van der Waals surface area contributed by atoms with Gasteiger partial charge in [-0.1, -0.05) is 24.6 Å². The van der Waals surface area contributed by atoms with Crippen LogP contribution in [0.2, 0.25) is 0 Å². The van der Waals surface area contributed by atoms with Gasteiger partial charge in [0.25, 0.3) is 5.91 Å². The van der Waals surface area contributed by atoms with Crippen LogP contribution in [-0.4, -0.2) is 26.3 Å². The molecule has 4 heterocycles. The highest BCUT2D eigenvalue weighted by Gasteiger charge is 2.21. The largest absolute Gasteiger partial charge is 0.486 e. The first kappa shape index (κ1) is 21.7. The van der Waals surface area contributed by atoms with E-state index in [4.69, 9.17) is 14.1 Å². The number of nitrogens with one attached hydrogen (secondary N) is 2. The standard InChI is InChI=1S/C25H25N5O4/c1-16-14-19(22-23(26-16)30-13-7-3-6-10-21(30)27-22)24(31)28-29-25(32)20-12-11-18(34-20)15-33-17-8-4-2-5-9-17/h2,4-5,8-9,11-12,14H,3,6-7,10,13,15H2,1H3,(H,28,31)(H,29,32). The molecule has 0 radical (unpaired) electrons. The third-order valence-corrected chi connectivity index (χ3v) is 5.74. The topological polar surface area (TPSA) is 111 Å². The molecule has 0 bridgehead atoms. The monoisotopic (exact) mass is 459 g/mol. The minimum atomic E-state index is -0.568. The quantitative estimate of drug-likeness (QED) is 0.440. The number of ether oxygens (including phenoxy) is 1. The van der Waals surface area contributed by atoms with Gasteiger partial charge in [0.15, 0.2) is 11.4 Å². The highest BCUT2D eigenvalue weighted by molar-refractivity contribution is 6.05. The first-order valence-corrected chi connectivity index (χ1v) is 11.3. The Hall–Kier alpha value is -4.14. The molecule has 174 valence electrons. The molecule has 0 aliphatic carbocycles. The summed E-state index contributed by atoms with van der Waals surface area (Å²) in [6, 6.07) is 14.2. The molecule has 1 aliphatic rings. The van der Waals surface area contributed by atoms with E-state index in [1.807, 2.05) is 37.3 Å². The summed E-state index contributed by atoms with van der Waals surface area (Å²) in [5, 5.41) is 0. The van der Waals surface area contributed by atoms with Crippen LogP contribution >= 0.6 is 0 Å². The number of pyridine rings is 1. The molecule has 0 atom stereocenters. The molecule has 0 fully saturated rings. The zero-order chi connectivity index (χ0) is 23.5. The number of carbonyl (C=O) groups excluding carboxylic acids is 2. The molecular formula is C25H25N5O4. The zero-order valence-corrected chi connectivity index (χ0v) is 18.8. The maximum absolute atomic E-state index is 12.9. The second kappa shape index (κ2) is 9.38. The highest BCUT2D eigenvalue weighted by atomic mass is 16.5. The van der Waals surface area contributed by atoms with Crippen molar-refractivity contribution in [2.75, 3.05) is 0 Å². The number of benzene rings is 1. The number of aromatic nitrogens is 3. The number of imidazole rings is 1. The van der Waals surface area contributed by atoms with Gasteiger partial charge >= 0.3 is 5.91 Å². The summed E-state index contributed by atoms with van der Waals surface area (Å²) in [7, 11) is 0. The van der Waals surface area contributed by atoms with Crippen LogP contribution in [0.4, 0.5) is 0 Å². The van der Waals surface area contributed by atoms with Crippen molar-refractivity contribution in [3.8, 4) is 5.75 Å². The average molecular weight is 460 g/mol. The van der Waals surface area contributed by atoms with Crippen LogP contribution in [-0.2, 0) is 19.6 Å². The molecule has 1 aromatic carbocycles. The van der Waals surface area contributed by atoms with Crippen molar-refractivity contribution in [1.29, 1.82) is 0 Å². The molecule has 0 unspecified atom stereocenters. The van der Waals surface area contributed by atoms with Gasteiger partial charge in [0.05, 0.1) is 5.56 Å². The second-order valence-electron chi connectivity index (χ2n) is 8.25. The number of fused-ring (bicyclic) bond motifs is 3. The van der Waals surface area contributed by atoms with Gasteiger partial charge in [0.2, 0.25) is 0 Å². The first-order valence-electron chi connectivity index (χ1n) is 11.3. The maximum Gasteiger partial charge on any atom is 0.305 e.